The summed E-state index contributed by atoms with van der Waals surface area (Å²) in [6.07, 6.45) is 1.47. The molecule has 2 N–H and O–H groups in total. The molecule has 1 aliphatic heterocycles. The number of tetrazole rings is 1. The number of benzene rings is 2. The van der Waals surface area contributed by atoms with Crippen molar-refractivity contribution in [3.05, 3.63) is 59.9 Å². The summed E-state index contributed by atoms with van der Waals surface area (Å²) in [5.74, 6) is 1.89. The molecule has 1 aromatic heterocycles. The van der Waals surface area contributed by atoms with Crippen LogP contribution in [0, 0.1) is 6.92 Å². The van der Waals surface area contributed by atoms with Crippen LogP contribution in [-0.4, -0.2) is 31.5 Å². The van der Waals surface area contributed by atoms with Crippen LogP contribution in [0.5, 0.6) is 0 Å². The Morgan fingerprint density at radius 3 is 2.62 bits per heavy atom. The van der Waals surface area contributed by atoms with E-state index in [2.05, 4.69) is 75.4 Å². The Morgan fingerprint density at radius 2 is 1.88 bits per heavy atom. The Balaban J connectivity index is 1.32. The largest absolute Gasteiger partial charge is 0.355 e. The second-order valence-corrected chi connectivity index (χ2v) is 8.18. The van der Waals surface area contributed by atoms with Crippen LogP contribution in [0.15, 0.2) is 53.7 Å². The van der Waals surface area contributed by atoms with E-state index in [1.165, 1.54) is 33.7 Å². The Morgan fingerprint density at radius 1 is 1.08 bits per heavy atom. The quantitative estimate of drug-likeness (QED) is 0.600. The van der Waals surface area contributed by atoms with Gasteiger partial charge in [-0.15, -0.1) is 33.7 Å². The van der Waals surface area contributed by atoms with E-state index in [1.807, 2.05) is 23.5 Å². The van der Waals surface area contributed by atoms with Gasteiger partial charge in [0.15, 0.2) is 6.33 Å². The van der Waals surface area contributed by atoms with Crippen LogP contribution in [0.2, 0.25) is 0 Å². The van der Waals surface area contributed by atoms with Gasteiger partial charge in [-0.05, 0) is 41.5 Å². The number of nitrogens with zero attached hydrogens (tertiary/aromatic N) is 4. The predicted molar refractivity (Wildman–Crippen MR) is 108 cm³/mol. The van der Waals surface area contributed by atoms with Crippen molar-refractivity contribution in [2.75, 3.05) is 16.4 Å². The van der Waals surface area contributed by atoms with E-state index in [4.69, 9.17) is 0 Å². The van der Waals surface area contributed by atoms with Crippen molar-refractivity contribution in [1.29, 1.82) is 0 Å². The molecule has 0 radical (unpaired) electrons. The SMILES string of the molecule is Cc1c(CSC2Nc3ccccc3N2)cccc1SCCn1ncnn1. The fourth-order valence-corrected chi connectivity index (χ4v) is 4.89. The number of aryl methyl sites for hydroxylation is 1. The van der Waals surface area contributed by atoms with Gasteiger partial charge < -0.3 is 10.6 Å². The topological polar surface area (TPSA) is 67.7 Å². The summed E-state index contributed by atoms with van der Waals surface area (Å²) in [7, 11) is 0. The average molecular weight is 385 g/mol. The minimum absolute atomic E-state index is 0.210. The second-order valence-electron chi connectivity index (χ2n) is 5.95. The third-order valence-corrected chi connectivity index (χ3v) is 6.43. The molecule has 1 aliphatic rings. The van der Waals surface area contributed by atoms with E-state index in [0.29, 0.717) is 0 Å². The number of hydrogen-bond acceptors (Lipinski definition) is 7. The fraction of sp³-hybridized carbons (Fsp3) is 0.278. The van der Waals surface area contributed by atoms with Gasteiger partial charge in [0.05, 0.1) is 17.9 Å². The Hall–Kier alpha value is -2.19. The molecule has 0 saturated carbocycles. The lowest BCUT2D eigenvalue weighted by Gasteiger charge is -2.15. The highest BCUT2D eigenvalue weighted by molar-refractivity contribution is 7.99. The third kappa shape index (κ3) is 3.96. The van der Waals surface area contributed by atoms with E-state index < -0.39 is 0 Å². The monoisotopic (exact) mass is 384 g/mol. The lowest BCUT2D eigenvalue weighted by atomic mass is 10.1. The first-order chi connectivity index (χ1) is 12.8. The molecule has 0 saturated heterocycles. The van der Waals surface area contributed by atoms with E-state index in [1.54, 1.807) is 4.80 Å². The van der Waals surface area contributed by atoms with Gasteiger partial charge in [0.2, 0.25) is 0 Å². The molecule has 3 aromatic rings. The standard InChI is InChI=1S/C18H20N6S2/c1-13-14(11-26-18-21-15-6-2-3-7-16(15)22-18)5-4-8-17(13)25-10-9-24-20-12-19-23-24/h2-8,12,18,21-22H,9-11H2,1H3. The van der Waals surface area contributed by atoms with Crippen LogP contribution in [-0.2, 0) is 12.3 Å². The zero-order chi connectivity index (χ0) is 17.8. The van der Waals surface area contributed by atoms with Crippen molar-refractivity contribution in [2.45, 2.75) is 29.6 Å². The first kappa shape index (κ1) is 17.2. The van der Waals surface area contributed by atoms with Crippen LogP contribution < -0.4 is 10.6 Å². The molecular formula is C18H20N6S2. The molecule has 0 bridgehead atoms. The minimum atomic E-state index is 0.210. The van der Waals surface area contributed by atoms with Crippen LogP contribution in [0.1, 0.15) is 11.1 Å². The lowest BCUT2D eigenvalue weighted by molar-refractivity contribution is 0.557. The highest BCUT2D eigenvalue weighted by Crippen LogP contribution is 2.34. The van der Waals surface area contributed by atoms with E-state index >= 15 is 0 Å². The Labute approximate surface area is 161 Å². The normalized spacial score (nSPS) is 13.3. The molecule has 6 nitrogen and oxygen atoms in total. The molecular weight excluding hydrogens is 364 g/mol. The van der Waals surface area contributed by atoms with Gasteiger partial charge >= 0.3 is 0 Å². The lowest BCUT2D eigenvalue weighted by Crippen LogP contribution is -2.17. The summed E-state index contributed by atoms with van der Waals surface area (Å²) in [5, 5.41) is 18.7. The Bertz CT molecular complexity index is 843. The number of thioether (sulfide) groups is 2. The van der Waals surface area contributed by atoms with E-state index in [0.717, 1.165) is 18.1 Å². The van der Waals surface area contributed by atoms with Crippen molar-refractivity contribution in [3.8, 4) is 0 Å². The summed E-state index contributed by atoms with van der Waals surface area (Å²) >= 11 is 3.71. The molecule has 4 rings (SSSR count). The van der Waals surface area contributed by atoms with Crippen LogP contribution in [0.25, 0.3) is 0 Å². The number of para-hydroxylation sites is 2. The third-order valence-electron chi connectivity index (χ3n) is 4.24. The molecule has 0 unspecified atom stereocenters. The highest BCUT2D eigenvalue weighted by atomic mass is 32.2. The molecule has 8 heteroatoms. The zero-order valence-electron chi connectivity index (χ0n) is 14.4. The van der Waals surface area contributed by atoms with Gasteiger partial charge in [-0.3, -0.25) is 0 Å². The molecule has 0 aliphatic carbocycles. The minimum Gasteiger partial charge on any atom is -0.355 e. The van der Waals surface area contributed by atoms with Gasteiger partial charge in [0.25, 0.3) is 0 Å². The number of fused-ring (bicyclic) bond motifs is 1. The van der Waals surface area contributed by atoms with Crippen molar-refractivity contribution < 1.29 is 0 Å². The predicted octanol–water partition coefficient (Wildman–Crippen LogP) is 3.83. The fourth-order valence-electron chi connectivity index (χ4n) is 2.81. The van der Waals surface area contributed by atoms with Gasteiger partial charge in [-0.1, -0.05) is 24.3 Å². The van der Waals surface area contributed by atoms with Gasteiger partial charge in [0, 0.05) is 16.4 Å². The smallest absolute Gasteiger partial charge is 0.162 e. The summed E-state index contributed by atoms with van der Waals surface area (Å²) in [5.41, 5.74) is 5.28. The maximum absolute atomic E-state index is 4.04. The van der Waals surface area contributed by atoms with Gasteiger partial charge in [-0.25, -0.2) is 0 Å². The molecule has 0 atom stereocenters. The van der Waals surface area contributed by atoms with Crippen molar-refractivity contribution in [2.24, 2.45) is 0 Å². The molecule has 134 valence electrons. The summed E-state index contributed by atoms with van der Waals surface area (Å²) in [6.45, 7) is 2.97. The molecule has 26 heavy (non-hydrogen) atoms. The maximum Gasteiger partial charge on any atom is 0.162 e. The van der Waals surface area contributed by atoms with Gasteiger partial charge in [0.1, 0.15) is 5.50 Å². The molecule has 0 amide bonds. The van der Waals surface area contributed by atoms with E-state index in [-0.39, 0.29) is 5.50 Å². The summed E-state index contributed by atoms with van der Waals surface area (Å²) in [4.78, 5) is 2.94. The van der Waals surface area contributed by atoms with Crippen molar-refractivity contribution in [3.63, 3.8) is 0 Å². The second kappa shape index (κ2) is 8.01. The van der Waals surface area contributed by atoms with Crippen LogP contribution >= 0.6 is 23.5 Å². The van der Waals surface area contributed by atoms with Gasteiger partial charge in [-0.2, -0.15) is 4.80 Å². The highest BCUT2D eigenvalue weighted by Gasteiger charge is 2.19. The first-order valence-corrected chi connectivity index (χ1v) is 10.5. The average Bonchev–Trinajstić information content (AvgIpc) is 3.31. The number of anilines is 2. The number of nitrogens with one attached hydrogen (secondary N) is 2. The Kier molecular flexibility index (Phi) is 5.31. The number of hydrogen-bond donors (Lipinski definition) is 2. The summed E-state index contributed by atoms with van der Waals surface area (Å²) < 4.78 is 0. The van der Waals surface area contributed by atoms with Crippen LogP contribution in [0.4, 0.5) is 11.4 Å². The van der Waals surface area contributed by atoms with E-state index in [9.17, 15) is 0 Å². The summed E-state index contributed by atoms with van der Waals surface area (Å²) in [6, 6.07) is 14.9. The number of rotatable bonds is 7. The van der Waals surface area contributed by atoms with Crippen LogP contribution in [0.3, 0.4) is 0 Å². The van der Waals surface area contributed by atoms with Crippen molar-refractivity contribution in [1.82, 2.24) is 20.2 Å². The maximum atomic E-state index is 4.04. The number of aromatic nitrogens is 4. The molecule has 2 aromatic carbocycles. The zero-order valence-corrected chi connectivity index (χ0v) is 16.1. The molecule has 0 fully saturated rings. The first-order valence-electron chi connectivity index (χ1n) is 8.45. The molecule has 2 heterocycles. The molecule has 0 spiro atoms. The van der Waals surface area contributed by atoms with Crippen molar-refractivity contribution >= 4 is 34.9 Å².